The Kier molecular flexibility index (Phi) is 6.59. The molecule has 4 aromatic rings. The smallest absolute Gasteiger partial charge is 0.422 e. The number of amides is 1. The molecule has 1 fully saturated rings. The van der Waals surface area contributed by atoms with Crippen LogP contribution in [0.3, 0.4) is 0 Å². The number of nitriles is 1. The normalized spacial score (nSPS) is 15.9. The second-order valence-electron chi connectivity index (χ2n) is 8.85. The Morgan fingerprint density at radius 1 is 1.16 bits per heavy atom. The fourth-order valence-electron chi connectivity index (χ4n) is 4.57. The van der Waals surface area contributed by atoms with Crippen molar-refractivity contribution in [1.29, 1.82) is 5.26 Å². The first-order valence-corrected chi connectivity index (χ1v) is 11.8. The predicted molar refractivity (Wildman–Crippen MR) is 133 cm³/mol. The molecule has 38 heavy (non-hydrogen) atoms. The summed E-state index contributed by atoms with van der Waals surface area (Å²) in [5.74, 6) is 1.14. The van der Waals surface area contributed by atoms with E-state index in [2.05, 4.69) is 25.8 Å². The number of pyridine rings is 1. The summed E-state index contributed by atoms with van der Waals surface area (Å²) in [5, 5.41) is 10.1. The molecule has 3 aromatic heterocycles. The Bertz CT molecular complexity index is 1520. The first kappa shape index (κ1) is 25.0. The number of alkyl halides is 3. The number of nitrogens with zero attached hydrogens (tertiary/aromatic N) is 7. The number of carbonyl (C=O) groups is 1. The summed E-state index contributed by atoms with van der Waals surface area (Å²) < 4.78 is 43.7. The molecule has 0 N–H and O–H groups in total. The standard InChI is InChI=1S/C26H22F3N7O2/c1-17-13-34(25(37)38-15-26(27,28)29)9-10-35(17)23-22-20(19-5-3-2-4-6-19)14-36(24(22)33-16-32-23)21-11-18(12-30)7-8-31-21/h2-8,11,14,16-17H,9-10,13,15H2,1H3/t17-/m0/s1. The van der Waals surface area contributed by atoms with Gasteiger partial charge in [-0.05, 0) is 24.6 Å². The molecule has 0 aliphatic carbocycles. The molecular formula is C26H22F3N7O2. The van der Waals surface area contributed by atoms with Crippen LogP contribution in [0.2, 0.25) is 0 Å². The van der Waals surface area contributed by atoms with Gasteiger partial charge in [0.1, 0.15) is 18.0 Å². The number of carbonyl (C=O) groups excluding carboxylic acids is 1. The maximum atomic E-state index is 12.5. The van der Waals surface area contributed by atoms with Gasteiger partial charge >= 0.3 is 12.3 Å². The minimum Gasteiger partial charge on any atom is -0.440 e. The number of anilines is 1. The SMILES string of the molecule is C[C@H]1CN(C(=O)OCC(F)(F)F)CCN1c1ncnc2c1c(-c1ccccc1)cn2-c1cc(C#N)ccn1. The molecule has 1 amide bonds. The van der Waals surface area contributed by atoms with Crippen LogP contribution < -0.4 is 4.90 Å². The molecule has 1 aliphatic heterocycles. The van der Waals surface area contributed by atoms with Crippen molar-refractivity contribution in [3.05, 3.63) is 66.7 Å². The number of ether oxygens (including phenoxy) is 1. The third-order valence-corrected chi connectivity index (χ3v) is 6.29. The number of hydrogen-bond donors (Lipinski definition) is 0. The molecule has 1 saturated heterocycles. The van der Waals surface area contributed by atoms with Gasteiger partial charge in [-0.15, -0.1) is 0 Å². The van der Waals surface area contributed by atoms with Crippen molar-refractivity contribution in [2.45, 2.75) is 19.1 Å². The van der Waals surface area contributed by atoms with Gasteiger partial charge in [0, 0.05) is 43.6 Å². The molecule has 1 aliphatic rings. The second kappa shape index (κ2) is 10.0. The predicted octanol–water partition coefficient (Wildman–Crippen LogP) is 4.56. The summed E-state index contributed by atoms with van der Waals surface area (Å²) in [6.07, 6.45) is -0.687. The lowest BCUT2D eigenvalue weighted by Gasteiger charge is -2.40. The minimum absolute atomic E-state index is 0.162. The molecule has 1 aromatic carbocycles. The zero-order valence-corrected chi connectivity index (χ0v) is 20.3. The van der Waals surface area contributed by atoms with Crippen molar-refractivity contribution in [2.75, 3.05) is 31.1 Å². The Morgan fingerprint density at radius 2 is 1.95 bits per heavy atom. The maximum absolute atomic E-state index is 12.5. The molecule has 1 atom stereocenters. The van der Waals surface area contributed by atoms with Gasteiger partial charge in [-0.3, -0.25) is 4.57 Å². The van der Waals surface area contributed by atoms with Crippen molar-refractivity contribution >= 4 is 22.9 Å². The zero-order chi connectivity index (χ0) is 26.9. The van der Waals surface area contributed by atoms with E-state index in [0.29, 0.717) is 29.4 Å². The molecule has 9 nitrogen and oxygen atoms in total. The highest BCUT2D eigenvalue weighted by Gasteiger charge is 2.34. The van der Waals surface area contributed by atoms with E-state index in [4.69, 9.17) is 0 Å². The lowest BCUT2D eigenvalue weighted by molar-refractivity contribution is -0.162. The first-order valence-electron chi connectivity index (χ1n) is 11.8. The molecule has 0 saturated carbocycles. The maximum Gasteiger partial charge on any atom is 0.422 e. The molecule has 0 bridgehead atoms. The van der Waals surface area contributed by atoms with Gasteiger partial charge in [0.25, 0.3) is 0 Å². The number of piperazine rings is 1. The van der Waals surface area contributed by atoms with Crippen LogP contribution in [0.4, 0.5) is 23.8 Å². The monoisotopic (exact) mass is 521 g/mol. The molecule has 5 rings (SSSR count). The van der Waals surface area contributed by atoms with Crippen LogP contribution in [0, 0.1) is 11.3 Å². The molecule has 4 heterocycles. The molecular weight excluding hydrogens is 499 g/mol. The lowest BCUT2D eigenvalue weighted by Crippen LogP contribution is -2.54. The summed E-state index contributed by atoms with van der Waals surface area (Å²) in [7, 11) is 0. The van der Waals surface area contributed by atoms with Gasteiger partial charge in [0.2, 0.25) is 0 Å². The van der Waals surface area contributed by atoms with E-state index in [-0.39, 0.29) is 19.1 Å². The summed E-state index contributed by atoms with van der Waals surface area (Å²) >= 11 is 0. The minimum atomic E-state index is -4.59. The topological polar surface area (TPSA) is 100 Å². The number of rotatable bonds is 4. The van der Waals surface area contributed by atoms with Crippen molar-refractivity contribution < 1.29 is 22.7 Å². The number of fused-ring (bicyclic) bond motifs is 1. The number of aromatic nitrogens is 4. The van der Waals surface area contributed by atoms with E-state index in [1.54, 1.807) is 22.9 Å². The Morgan fingerprint density at radius 3 is 2.66 bits per heavy atom. The van der Waals surface area contributed by atoms with Crippen LogP contribution in [0.1, 0.15) is 12.5 Å². The number of benzene rings is 1. The number of halogens is 3. The van der Waals surface area contributed by atoms with Gasteiger partial charge in [-0.1, -0.05) is 30.3 Å². The summed E-state index contributed by atoms with van der Waals surface area (Å²) in [6, 6.07) is 14.8. The van der Waals surface area contributed by atoms with Crippen LogP contribution in [0.25, 0.3) is 28.0 Å². The van der Waals surface area contributed by atoms with Gasteiger partial charge in [0.15, 0.2) is 12.3 Å². The van der Waals surface area contributed by atoms with Crippen LogP contribution in [-0.4, -0.2) is 69.0 Å². The van der Waals surface area contributed by atoms with Gasteiger partial charge < -0.3 is 14.5 Å². The van der Waals surface area contributed by atoms with E-state index in [1.807, 2.05) is 48.4 Å². The summed E-state index contributed by atoms with van der Waals surface area (Å²) in [5.41, 5.74) is 2.80. The number of hydrogen-bond acceptors (Lipinski definition) is 7. The van der Waals surface area contributed by atoms with E-state index in [9.17, 15) is 23.2 Å². The highest BCUT2D eigenvalue weighted by Crippen LogP contribution is 2.37. The molecule has 0 unspecified atom stereocenters. The quantitative estimate of drug-likeness (QED) is 0.388. The summed E-state index contributed by atoms with van der Waals surface area (Å²) in [6.45, 7) is 0.904. The van der Waals surface area contributed by atoms with E-state index in [0.717, 1.165) is 16.5 Å². The first-order chi connectivity index (χ1) is 18.2. The third-order valence-electron chi connectivity index (χ3n) is 6.29. The van der Waals surface area contributed by atoms with Crippen LogP contribution in [0.15, 0.2) is 61.2 Å². The molecule has 0 radical (unpaired) electrons. The van der Waals surface area contributed by atoms with Crippen LogP contribution in [0.5, 0.6) is 0 Å². The van der Waals surface area contributed by atoms with Crippen LogP contribution in [-0.2, 0) is 4.74 Å². The van der Waals surface area contributed by atoms with Gasteiger partial charge in [0.05, 0.1) is 17.0 Å². The Labute approximate surface area is 215 Å². The van der Waals surface area contributed by atoms with Gasteiger partial charge in [-0.25, -0.2) is 19.7 Å². The molecule has 194 valence electrons. The van der Waals surface area contributed by atoms with Crippen molar-refractivity contribution in [3.8, 4) is 23.0 Å². The Hall–Kier alpha value is -4.66. The van der Waals surface area contributed by atoms with Crippen LogP contribution >= 0.6 is 0 Å². The highest BCUT2D eigenvalue weighted by atomic mass is 19.4. The lowest BCUT2D eigenvalue weighted by atomic mass is 10.1. The fraction of sp³-hybridized carbons (Fsp3) is 0.269. The largest absolute Gasteiger partial charge is 0.440 e. The second-order valence-corrected chi connectivity index (χ2v) is 8.85. The van der Waals surface area contributed by atoms with Crippen molar-refractivity contribution in [1.82, 2.24) is 24.4 Å². The van der Waals surface area contributed by atoms with E-state index < -0.39 is 18.9 Å². The van der Waals surface area contributed by atoms with E-state index in [1.165, 1.54) is 11.2 Å². The average Bonchev–Trinajstić information content (AvgIpc) is 3.32. The van der Waals surface area contributed by atoms with Crippen molar-refractivity contribution in [2.24, 2.45) is 0 Å². The van der Waals surface area contributed by atoms with Gasteiger partial charge in [-0.2, -0.15) is 18.4 Å². The average molecular weight is 522 g/mol. The summed E-state index contributed by atoms with van der Waals surface area (Å²) in [4.78, 5) is 29.1. The third kappa shape index (κ3) is 4.95. The fourth-order valence-corrected chi connectivity index (χ4v) is 4.57. The molecule has 0 spiro atoms. The molecule has 12 heteroatoms. The Balaban J connectivity index is 1.54. The van der Waals surface area contributed by atoms with Crippen molar-refractivity contribution in [3.63, 3.8) is 0 Å². The zero-order valence-electron chi connectivity index (χ0n) is 20.3. The van der Waals surface area contributed by atoms with E-state index >= 15 is 0 Å². The highest BCUT2D eigenvalue weighted by molar-refractivity contribution is 6.02.